The zero-order valence-electron chi connectivity index (χ0n) is 10.9. The summed E-state index contributed by atoms with van der Waals surface area (Å²) in [6.45, 7) is 8.17. The number of H-pyrrole nitrogens is 1. The van der Waals surface area contributed by atoms with Gasteiger partial charge < -0.3 is 15.0 Å². The Kier molecular flexibility index (Phi) is 3.63. The maximum atomic E-state index is 5.21. The van der Waals surface area contributed by atoms with Gasteiger partial charge in [0.15, 0.2) is 5.82 Å². The van der Waals surface area contributed by atoms with Crippen LogP contribution in [0.2, 0.25) is 0 Å². The average Bonchev–Trinajstić information content (AvgIpc) is 2.76. The van der Waals surface area contributed by atoms with Crippen molar-refractivity contribution in [2.45, 2.75) is 39.0 Å². The van der Waals surface area contributed by atoms with Crippen molar-refractivity contribution in [1.82, 2.24) is 20.5 Å². The number of anilines is 1. The molecule has 1 saturated heterocycles. The third-order valence-electron chi connectivity index (χ3n) is 3.07. The van der Waals surface area contributed by atoms with E-state index in [-0.39, 0.29) is 6.10 Å². The fourth-order valence-electron chi connectivity index (χ4n) is 2.19. The molecule has 2 rings (SSSR count). The molecule has 3 atom stereocenters. The molecule has 1 aromatic heterocycles. The highest BCUT2D eigenvalue weighted by Gasteiger charge is 2.24. The Bertz CT molecular complexity index is 356. The summed E-state index contributed by atoms with van der Waals surface area (Å²) in [5.74, 6) is 1.55. The smallest absolute Gasteiger partial charge is 0.244 e. The van der Waals surface area contributed by atoms with Crippen molar-refractivity contribution < 1.29 is 4.74 Å². The number of methoxy groups -OCH3 is 1. The maximum absolute atomic E-state index is 5.21. The molecule has 1 aliphatic rings. The van der Waals surface area contributed by atoms with E-state index in [2.05, 4.69) is 39.2 Å². The lowest BCUT2D eigenvalue weighted by Gasteiger charge is -2.35. The van der Waals surface area contributed by atoms with Crippen LogP contribution in [0.4, 0.5) is 5.95 Å². The first-order chi connectivity index (χ1) is 8.10. The largest absolute Gasteiger partial charge is 0.374 e. The van der Waals surface area contributed by atoms with Crippen LogP contribution in [-0.4, -0.2) is 47.5 Å². The van der Waals surface area contributed by atoms with E-state index < -0.39 is 0 Å². The molecule has 2 N–H and O–H groups in total. The predicted octanol–water partition coefficient (Wildman–Crippen LogP) is 0.699. The molecule has 1 aliphatic heterocycles. The van der Waals surface area contributed by atoms with Crippen LogP contribution in [0, 0.1) is 0 Å². The monoisotopic (exact) mass is 239 g/mol. The molecule has 0 saturated carbocycles. The fraction of sp³-hybridized carbons (Fsp3) is 0.818. The highest BCUT2D eigenvalue weighted by molar-refractivity contribution is 5.31. The molecule has 3 unspecified atom stereocenters. The van der Waals surface area contributed by atoms with Gasteiger partial charge in [-0.2, -0.15) is 4.98 Å². The van der Waals surface area contributed by atoms with Crippen molar-refractivity contribution in [2.75, 3.05) is 25.1 Å². The molecule has 1 fully saturated rings. The lowest BCUT2D eigenvalue weighted by Crippen LogP contribution is -2.54. The van der Waals surface area contributed by atoms with Gasteiger partial charge in [-0.15, -0.1) is 5.10 Å². The number of aromatic amines is 1. The first-order valence-electron chi connectivity index (χ1n) is 6.06. The van der Waals surface area contributed by atoms with E-state index in [0.717, 1.165) is 24.9 Å². The number of piperazine rings is 1. The first-order valence-corrected chi connectivity index (χ1v) is 6.06. The van der Waals surface area contributed by atoms with E-state index in [1.54, 1.807) is 7.11 Å². The molecule has 0 bridgehead atoms. The Morgan fingerprint density at radius 3 is 2.59 bits per heavy atom. The predicted molar refractivity (Wildman–Crippen MR) is 66.1 cm³/mol. The molecule has 6 heteroatoms. The van der Waals surface area contributed by atoms with E-state index in [9.17, 15) is 0 Å². The maximum Gasteiger partial charge on any atom is 0.244 e. The van der Waals surface area contributed by atoms with Crippen molar-refractivity contribution in [2.24, 2.45) is 0 Å². The summed E-state index contributed by atoms with van der Waals surface area (Å²) in [6, 6.07) is 0.918. The summed E-state index contributed by atoms with van der Waals surface area (Å²) < 4.78 is 5.21. The van der Waals surface area contributed by atoms with Crippen molar-refractivity contribution in [1.29, 1.82) is 0 Å². The van der Waals surface area contributed by atoms with E-state index >= 15 is 0 Å². The van der Waals surface area contributed by atoms with Crippen LogP contribution in [0.1, 0.15) is 32.7 Å². The minimum atomic E-state index is -0.0472. The van der Waals surface area contributed by atoms with Crippen molar-refractivity contribution >= 4 is 5.95 Å². The highest BCUT2D eigenvalue weighted by atomic mass is 16.5. The summed E-state index contributed by atoms with van der Waals surface area (Å²) in [7, 11) is 1.67. The molecule has 0 spiro atoms. The molecule has 1 aromatic rings. The van der Waals surface area contributed by atoms with Crippen LogP contribution in [0.5, 0.6) is 0 Å². The van der Waals surface area contributed by atoms with Gasteiger partial charge in [0.1, 0.15) is 6.10 Å². The number of hydrogen-bond donors (Lipinski definition) is 2. The molecular formula is C11H21N5O. The number of ether oxygens (including phenoxy) is 1. The molecular weight excluding hydrogens is 218 g/mol. The van der Waals surface area contributed by atoms with Gasteiger partial charge in [-0.3, -0.25) is 5.10 Å². The van der Waals surface area contributed by atoms with E-state index in [1.807, 2.05) is 6.92 Å². The molecule has 6 nitrogen and oxygen atoms in total. The summed E-state index contributed by atoms with van der Waals surface area (Å²) in [5, 5.41) is 10.7. The van der Waals surface area contributed by atoms with E-state index in [0.29, 0.717) is 12.1 Å². The zero-order valence-corrected chi connectivity index (χ0v) is 10.9. The van der Waals surface area contributed by atoms with Crippen LogP contribution in [0.25, 0.3) is 0 Å². The fourth-order valence-corrected chi connectivity index (χ4v) is 2.19. The van der Waals surface area contributed by atoms with Crippen molar-refractivity contribution in [3.8, 4) is 0 Å². The molecule has 17 heavy (non-hydrogen) atoms. The number of hydrogen-bond acceptors (Lipinski definition) is 5. The van der Waals surface area contributed by atoms with Gasteiger partial charge in [-0.05, 0) is 20.8 Å². The zero-order chi connectivity index (χ0) is 12.4. The van der Waals surface area contributed by atoms with Crippen LogP contribution in [-0.2, 0) is 4.74 Å². The van der Waals surface area contributed by atoms with Gasteiger partial charge >= 0.3 is 0 Å². The van der Waals surface area contributed by atoms with Crippen molar-refractivity contribution in [3.63, 3.8) is 0 Å². The highest BCUT2D eigenvalue weighted by Crippen LogP contribution is 2.16. The molecule has 0 aromatic carbocycles. The lowest BCUT2D eigenvalue weighted by atomic mass is 10.1. The minimum absolute atomic E-state index is 0.0472. The summed E-state index contributed by atoms with van der Waals surface area (Å²) in [6.07, 6.45) is -0.0472. The number of aromatic nitrogens is 3. The van der Waals surface area contributed by atoms with Crippen LogP contribution in [0.3, 0.4) is 0 Å². The minimum Gasteiger partial charge on any atom is -0.374 e. The molecule has 0 radical (unpaired) electrons. The van der Waals surface area contributed by atoms with E-state index in [4.69, 9.17) is 4.74 Å². The normalized spacial score (nSPS) is 27.2. The van der Waals surface area contributed by atoms with Gasteiger partial charge in [-0.1, -0.05) is 0 Å². The molecule has 2 heterocycles. The number of nitrogens with one attached hydrogen (secondary N) is 2. The van der Waals surface area contributed by atoms with Gasteiger partial charge in [0.25, 0.3) is 0 Å². The standard InChI is InChI=1S/C11H21N5O/c1-7-5-16(6-8(2)12-7)11-13-10(14-15-11)9(3)17-4/h7-9,12H,5-6H2,1-4H3,(H,13,14,15). The Morgan fingerprint density at radius 2 is 2.00 bits per heavy atom. The Labute approximate surface area is 102 Å². The molecule has 0 amide bonds. The molecule has 96 valence electrons. The number of rotatable bonds is 3. The topological polar surface area (TPSA) is 66.1 Å². The van der Waals surface area contributed by atoms with Crippen LogP contribution in [0.15, 0.2) is 0 Å². The third-order valence-corrected chi connectivity index (χ3v) is 3.07. The Morgan fingerprint density at radius 1 is 1.35 bits per heavy atom. The second-order valence-electron chi connectivity index (χ2n) is 4.77. The Balaban J connectivity index is 2.09. The van der Waals surface area contributed by atoms with Gasteiger partial charge in [-0.25, -0.2) is 0 Å². The Hall–Kier alpha value is -1.14. The quantitative estimate of drug-likeness (QED) is 0.812. The van der Waals surface area contributed by atoms with Gasteiger partial charge in [0, 0.05) is 32.3 Å². The second-order valence-corrected chi connectivity index (χ2v) is 4.77. The van der Waals surface area contributed by atoms with E-state index in [1.165, 1.54) is 0 Å². The van der Waals surface area contributed by atoms with Crippen LogP contribution < -0.4 is 10.2 Å². The van der Waals surface area contributed by atoms with Gasteiger partial charge in [0.05, 0.1) is 0 Å². The summed E-state index contributed by atoms with van der Waals surface area (Å²) in [5.41, 5.74) is 0. The number of nitrogens with zero attached hydrogens (tertiary/aromatic N) is 3. The average molecular weight is 239 g/mol. The van der Waals surface area contributed by atoms with Gasteiger partial charge in [0.2, 0.25) is 5.95 Å². The van der Waals surface area contributed by atoms with Crippen molar-refractivity contribution in [3.05, 3.63) is 5.82 Å². The SMILES string of the molecule is COC(C)c1nc(N2CC(C)NC(C)C2)n[nH]1. The first kappa shape index (κ1) is 12.3. The summed E-state index contributed by atoms with van der Waals surface area (Å²) in [4.78, 5) is 6.68. The third kappa shape index (κ3) is 2.76. The van der Waals surface area contributed by atoms with Crippen LogP contribution >= 0.6 is 0 Å². The lowest BCUT2D eigenvalue weighted by molar-refractivity contribution is 0.112. The molecule has 0 aliphatic carbocycles. The summed E-state index contributed by atoms with van der Waals surface area (Å²) >= 11 is 0. The second kappa shape index (κ2) is 5.01.